The molecule has 0 radical (unpaired) electrons. The van der Waals surface area contributed by atoms with Gasteiger partial charge < -0.3 is 11.1 Å². The van der Waals surface area contributed by atoms with Crippen molar-refractivity contribution in [3.05, 3.63) is 29.6 Å². The lowest BCUT2D eigenvalue weighted by molar-refractivity contribution is 0.652. The van der Waals surface area contributed by atoms with E-state index in [4.69, 9.17) is 5.73 Å². The average Bonchev–Trinajstić information content (AvgIpc) is 2.36. The number of hydrogen-bond acceptors (Lipinski definition) is 2. The summed E-state index contributed by atoms with van der Waals surface area (Å²) in [6, 6.07) is 5.93. The van der Waals surface area contributed by atoms with Gasteiger partial charge >= 0.3 is 0 Å². The second-order valence-corrected chi connectivity index (χ2v) is 4.46. The number of nitrogens with two attached hydrogens (primary N) is 1. The molecule has 0 atom stereocenters. The maximum Gasteiger partial charge on any atom is 0.188 e. The topological polar surface area (TPSA) is 63.3 Å². The fourth-order valence-electron chi connectivity index (χ4n) is 1.68. The molecule has 1 aromatic rings. The zero-order chi connectivity index (χ0) is 13.2. The van der Waals surface area contributed by atoms with Crippen LogP contribution in [0.4, 0.5) is 0 Å². The van der Waals surface area contributed by atoms with Crippen molar-refractivity contribution < 1.29 is 0 Å². The van der Waals surface area contributed by atoms with Crippen LogP contribution in [-0.2, 0) is 6.54 Å². The molecule has 0 bridgehead atoms. The van der Waals surface area contributed by atoms with Crippen molar-refractivity contribution in [3.63, 3.8) is 0 Å². The number of unbranched alkanes of at least 4 members (excludes halogenated alkanes) is 3. The number of nitrogens with one attached hydrogen (secondary N) is 1. The van der Waals surface area contributed by atoms with E-state index in [9.17, 15) is 0 Å². The summed E-state index contributed by atoms with van der Waals surface area (Å²) in [6.07, 6.45) is 4.93. The first-order valence-electron chi connectivity index (χ1n) is 6.68. The molecule has 0 aliphatic rings. The van der Waals surface area contributed by atoms with Crippen LogP contribution in [0.1, 0.15) is 44.0 Å². The van der Waals surface area contributed by atoms with Gasteiger partial charge in [0.05, 0.1) is 12.2 Å². The first-order valence-corrected chi connectivity index (χ1v) is 6.68. The van der Waals surface area contributed by atoms with Crippen LogP contribution >= 0.6 is 24.0 Å². The maximum absolute atomic E-state index is 5.79. The maximum atomic E-state index is 5.79. The van der Waals surface area contributed by atoms with E-state index in [0.29, 0.717) is 12.5 Å². The number of hydrogen-bond donors (Lipinski definition) is 2. The molecule has 0 aromatic carbocycles. The first-order chi connectivity index (χ1) is 8.72. The molecule has 0 aliphatic heterocycles. The molecule has 4 nitrogen and oxygen atoms in total. The molecule has 0 saturated carbocycles. The number of aromatic nitrogens is 1. The molecule has 0 fully saturated rings. The fraction of sp³-hybridized carbons (Fsp3) is 0.571. The molecule has 0 unspecified atom stereocenters. The van der Waals surface area contributed by atoms with Gasteiger partial charge in [0, 0.05) is 12.2 Å². The van der Waals surface area contributed by atoms with Crippen LogP contribution in [0.5, 0.6) is 0 Å². The minimum atomic E-state index is 0. The van der Waals surface area contributed by atoms with E-state index in [2.05, 4.69) is 22.2 Å². The van der Waals surface area contributed by atoms with Gasteiger partial charge in [-0.15, -0.1) is 24.0 Å². The molecule has 0 amide bonds. The van der Waals surface area contributed by atoms with Gasteiger partial charge in [-0.1, -0.05) is 32.3 Å². The number of pyridine rings is 1. The van der Waals surface area contributed by atoms with Crippen LogP contribution in [0, 0.1) is 6.92 Å². The van der Waals surface area contributed by atoms with Crippen LogP contribution in [0.3, 0.4) is 0 Å². The molecule has 0 aliphatic carbocycles. The van der Waals surface area contributed by atoms with Crippen molar-refractivity contribution in [2.75, 3.05) is 6.54 Å². The Bertz CT molecular complexity index is 379. The summed E-state index contributed by atoms with van der Waals surface area (Å²) in [4.78, 5) is 8.65. The third kappa shape index (κ3) is 8.80. The Balaban J connectivity index is 0.00000324. The van der Waals surface area contributed by atoms with Gasteiger partial charge in [-0.25, -0.2) is 4.99 Å². The number of guanidine groups is 1. The van der Waals surface area contributed by atoms with Crippen molar-refractivity contribution in [2.24, 2.45) is 10.7 Å². The molecule has 1 rings (SSSR count). The number of aryl methyl sites for hydroxylation is 1. The molecule has 108 valence electrons. The molecule has 5 heteroatoms. The Kier molecular flexibility index (Phi) is 10.5. The summed E-state index contributed by atoms with van der Waals surface area (Å²) in [7, 11) is 0. The van der Waals surface area contributed by atoms with E-state index < -0.39 is 0 Å². The molecule has 0 spiro atoms. The van der Waals surface area contributed by atoms with Crippen molar-refractivity contribution in [3.8, 4) is 0 Å². The lowest BCUT2D eigenvalue weighted by Crippen LogP contribution is -2.32. The molecule has 3 N–H and O–H groups in total. The number of rotatable bonds is 7. The SMILES string of the molecule is CCCCCCNC(N)=NCc1cccc(C)n1.I. The minimum absolute atomic E-state index is 0. The smallest absolute Gasteiger partial charge is 0.188 e. The Morgan fingerprint density at radius 1 is 1.32 bits per heavy atom. The minimum Gasteiger partial charge on any atom is -0.370 e. The van der Waals surface area contributed by atoms with Gasteiger partial charge in [0.25, 0.3) is 0 Å². The third-order valence-electron chi connectivity index (χ3n) is 2.69. The molecule has 0 saturated heterocycles. The normalized spacial score (nSPS) is 10.9. The number of halogens is 1. The van der Waals surface area contributed by atoms with Crippen molar-refractivity contribution in [2.45, 2.75) is 46.1 Å². The van der Waals surface area contributed by atoms with E-state index in [1.54, 1.807) is 0 Å². The van der Waals surface area contributed by atoms with E-state index >= 15 is 0 Å². The highest BCUT2D eigenvalue weighted by atomic mass is 127. The predicted octanol–water partition coefficient (Wildman–Crippen LogP) is 2.99. The summed E-state index contributed by atoms with van der Waals surface area (Å²) in [5.41, 5.74) is 7.74. The first kappa shape index (κ1) is 18.1. The van der Waals surface area contributed by atoms with Crippen LogP contribution in [0.25, 0.3) is 0 Å². The highest BCUT2D eigenvalue weighted by Crippen LogP contribution is 1.99. The summed E-state index contributed by atoms with van der Waals surface area (Å²) >= 11 is 0. The number of aliphatic imine (C=N–C) groups is 1. The Morgan fingerprint density at radius 3 is 2.79 bits per heavy atom. The van der Waals surface area contributed by atoms with E-state index in [-0.39, 0.29) is 24.0 Å². The van der Waals surface area contributed by atoms with Crippen LogP contribution in [0.2, 0.25) is 0 Å². The standard InChI is InChI=1S/C14H24N4.HI/c1-3-4-5-6-10-16-14(15)17-11-13-9-7-8-12(2)18-13;/h7-9H,3-6,10-11H2,1-2H3,(H3,15,16,17);1H. The van der Waals surface area contributed by atoms with Crippen molar-refractivity contribution >= 4 is 29.9 Å². The van der Waals surface area contributed by atoms with Crippen LogP contribution in [-0.4, -0.2) is 17.5 Å². The zero-order valence-corrected chi connectivity index (χ0v) is 14.2. The fourth-order valence-corrected chi connectivity index (χ4v) is 1.68. The van der Waals surface area contributed by atoms with Gasteiger partial charge in [0.1, 0.15) is 0 Å². The van der Waals surface area contributed by atoms with Gasteiger partial charge in [-0.3, -0.25) is 4.98 Å². The van der Waals surface area contributed by atoms with Crippen molar-refractivity contribution in [1.29, 1.82) is 0 Å². The Hall–Kier alpha value is -0.850. The van der Waals surface area contributed by atoms with E-state index in [1.807, 2.05) is 25.1 Å². The zero-order valence-electron chi connectivity index (χ0n) is 11.9. The highest BCUT2D eigenvalue weighted by molar-refractivity contribution is 14.0. The molecule has 1 aromatic heterocycles. The van der Waals surface area contributed by atoms with E-state index in [1.165, 1.54) is 19.3 Å². The lowest BCUT2D eigenvalue weighted by Gasteiger charge is -2.05. The molecule has 1 heterocycles. The molecular formula is C14H25IN4. The largest absolute Gasteiger partial charge is 0.370 e. The molecule has 19 heavy (non-hydrogen) atoms. The van der Waals surface area contributed by atoms with Gasteiger partial charge in [-0.05, 0) is 25.5 Å². The predicted molar refractivity (Wildman–Crippen MR) is 91.9 cm³/mol. The summed E-state index contributed by atoms with van der Waals surface area (Å²) in [6.45, 7) is 5.62. The van der Waals surface area contributed by atoms with Crippen LogP contribution in [0.15, 0.2) is 23.2 Å². The summed E-state index contributed by atoms with van der Waals surface area (Å²) < 4.78 is 0. The quantitative estimate of drug-likeness (QED) is 0.333. The average molecular weight is 376 g/mol. The monoisotopic (exact) mass is 376 g/mol. The van der Waals surface area contributed by atoms with Crippen LogP contribution < -0.4 is 11.1 Å². The van der Waals surface area contributed by atoms with E-state index in [0.717, 1.165) is 24.4 Å². The molecular weight excluding hydrogens is 351 g/mol. The van der Waals surface area contributed by atoms with Gasteiger partial charge in [0.15, 0.2) is 5.96 Å². The highest BCUT2D eigenvalue weighted by Gasteiger charge is 1.95. The Morgan fingerprint density at radius 2 is 2.11 bits per heavy atom. The summed E-state index contributed by atoms with van der Waals surface area (Å²) in [5.74, 6) is 0.509. The lowest BCUT2D eigenvalue weighted by atomic mass is 10.2. The third-order valence-corrected chi connectivity index (χ3v) is 2.69. The van der Waals surface area contributed by atoms with Gasteiger partial charge in [0.2, 0.25) is 0 Å². The van der Waals surface area contributed by atoms with Crippen molar-refractivity contribution in [1.82, 2.24) is 10.3 Å². The number of nitrogens with zero attached hydrogens (tertiary/aromatic N) is 2. The Labute approximate surface area is 133 Å². The second-order valence-electron chi connectivity index (χ2n) is 4.46. The second kappa shape index (κ2) is 11.0. The van der Waals surface area contributed by atoms with Gasteiger partial charge in [-0.2, -0.15) is 0 Å². The summed E-state index contributed by atoms with van der Waals surface area (Å²) in [5, 5.41) is 3.13.